The smallest absolute Gasteiger partial charge is 0.220 e. The molecule has 3 nitrogen and oxygen atoms in total. The van der Waals surface area contributed by atoms with Crippen LogP contribution in [0.15, 0.2) is 36.5 Å². The summed E-state index contributed by atoms with van der Waals surface area (Å²) in [5.41, 5.74) is 2.10. The summed E-state index contributed by atoms with van der Waals surface area (Å²) >= 11 is 0. The predicted octanol–water partition coefficient (Wildman–Crippen LogP) is 2.19. The number of benzene rings is 1. The van der Waals surface area contributed by atoms with Gasteiger partial charge in [0, 0.05) is 18.0 Å². The molecule has 0 aliphatic carbocycles. The summed E-state index contributed by atoms with van der Waals surface area (Å²) in [6.45, 7) is 0. The van der Waals surface area contributed by atoms with Gasteiger partial charge in [0.2, 0.25) is 5.91 Å². The summed E-state index contributed by atoms with van der Waals surface area (Å²) in [7, 11) is 0. The number of fused-ring (bicyclic) bond motifs is 1. The summed E-state index contributed by atoms with van der Waals surface area (Å²) in [6.07, 6.45) is 3.36. The number of carbonyl (C=O) groups excluding carboxylic acids is 1. The van der Waals surface area contributed by atoms with Crippen LogP contribution < -0.4 is 5.32 Å². The van der Waals surface area contributed by atoms with Crippen LogP contribution in [0.4, 0.5) is 0 Å². The van der Waals surface area contributed by atoms with Crippen molar-refractivity contribution in [2.24, 2.45) is 0 Å². The molecule has 1 N–H and O–H groups in total. The minimum atomic E-state index is 0.137. The van der Waals surface area contributed by atoms with E-state index in [0.717, 1.165) is 22.9 Å². The van der Waals surface area contributed by atoms with Crippen LogP contribution in [-0.4, -0.2) is 10.9 Å². The van der Waals surface area contributed by atoms with Crippen LogP contribution in [0.25, 0.3) is 10.9 Å². The molecule has 0 bridgehead atoms. The lowest BCUT2D eigenvalue weighted by atomic mass is 10.1. The molecule has 2 aromatic rings. The molecule has 1 unspecified atom stereocenters. The fraction of sp³-hybridized carbons (Fsp3) is 0.231. The molecule has 1 amide bonds. The third-order valence-electron chi connectivity index (χ3n) is 3.01. The molecule has 0 spiro atoms. The van der Waals surface area contributed by atoms with Crippen molar-refractivity contribution >= 4 is 16.8 Å². The van der Waals surface area contributed by atoms with E-state index in [1.165, 1.54) is 0 Å². The maximum Gasteiger partial charge on any atom is 0.220 e. The van der Waals surface area contributed by atoms with Crippen LogP contribution >= 0.6 is 0 Å². The number of para-hydroxylation sites is 1. The predicted molar refractivity (Wildman–Crippen MR) is 61.9 cm³/mol. The number of aromatic nitrogens is 1. The molecule has 1 aliphatic rings. The van der Waals surface area contributed by atoms with Gasteiger partial charge in [-0.1, -0.05) is 18.2 Å². The van der Waals surface area contributed by atoms with Gasteiger partial charge in [0.1, 0.15) is 0 Å². The number of hydrogen-bond donors (Lipinski definition) is 1. The molecule has 3 rings (SSSR count). The standard InChI is InChI=1S/C13H12N2O/c16-13-6-5-12(15-13)10-7-9-3-1-2-4-11(9)14-8-10/h1-4,7-8,12H,5-6H2,(H,15,16). The lowest BCUT2D eigenvalue weighted by Gasteiger charge is -2.10. The highest BCUT2D eigenvalue weighted by molar-refractivity contribution is 5.81. The third kappa shape index (κ3) is 1.54. The Kier molecular flexibility index (Phi) is 2.10. The highest BCUT2D eigenvalue weighted by atomic mass is 16.1. The average molecular weight is 212 g/mol. The Hall–Kier alpha value is -1.90. The highest BCUT2D eigenvalue weighted by Crippen LogP contribution is 2.25. The molecule has 0 saturated carbocycles. The van der Waals surface area contributed by atoms with Gasteiger partial charge in [-0.2, -0.15) is 0 Å². The van der Waals surface area contributed by atoms with Crippen LogP contribution in [-0.2, 0) is 4.79 Å². The summed E-state index contributed by atoms with van der Waals surface area (Å²) in [5.74, 6) is 0.137. The van der Waals surface area contributed by atoms with Crippen LogP contribution in [0.3, 0.4) is 0 Å². The SMILES string of the molecule is O=C1CCC(c2cnc3ccccc3c2)N1. The fourth-order valence-corrected chi connectivity index (χ4v) is 2.14. The summed E-state index contributed by atoms with van der Waals surface area (Å²) in [5, 5.41) is 4.08. The fourth-order valence-electron chi connectivity index (χ4n) is 2.14. The van der Waals surface area contributed by atoms with Crippen LogP contribution in [0.2, 0.25) is 0 Å². The number of carbonyl (C=O) groups is 1. The second kappa shape index (κ2) is 3.59. The third-order valence-corrected chi connectivity index (χ3v) is 3.01. The Morgan fingerprint density at radius 1 is 1.31 bits per heavy atom. The van der Waals surface area contributed by atoms with Crippen molar-refractivity contribution in [3.05, 3.63) is 42.1 Å². The largest absolute Gasteiger partial charge is 0.349 e. The Balaban J connectivity index is 2.02. The van der Waals surface area contributed by atoms with E-state index in [-0.39, 0.29) is 11.9 Å². The molecule has 16 heavy (non-hydrogen) atoms. The Labute approximate surface area is 93.5 Å². The quantitative estimate of drug-likeness (QED) is 0.787. The molecule has 0 radical (unpaired) electrons. The number of pyridine rings is 1. The molecule has 1 aromatic heterocycles. The van der Waals surface area contributed by atoms with Gasteiger partial charge < -0.3 is 5.32 Å². The average Bonchev–Trinajstić information content (AvgIpc) is 2.75. The minimum absolute atomic E-state index is 0.137. The summed E-state index contributed by atoms with van der Waals surface area (Å²) in [6, 6.07) is 10.3. The van der Waals surface area contributed by atoms with Crippen molar-refractivity contribution in [1.29, 1.82) is 0 Å². The number of amides is 1. The van der Waals surface area contributed by atoms with Gasteiger partial charge in [0.05, 0.1) is 11.6 Å². The van der Waals surface area contributed by atoms with Crippen LogP contribution in [0.1, 0.15) is 24.4 Å². The molecule has 1 atom stereocenters. The Morgan fingerprint density at radius 2 is 2.19 bits per heavy atom. The summed E-state index contributed by atoms with van der Waals surface area (Å²) in [4.78, 5) is 15.6. The van der Waals surface area contributed by atoms with Crippen molar-refractivity contribution in [3.8, 4) is 0 Å². The lowest BCUT2D eigenvalue weighted by molar-refractivity contribution is -0.119. The van der Waals surface area contributed by atoms with Gasteiger partial charge in [-0.25, -0.2) is 0 Å². The zero-order valence-electron chi connectivity index (χ0n) is 8.81. The van der Waals surface area contributed by atoms with Gasteiger partial charge in [-0.05, 0) is 24.1 Å². The van der Waals surface area contributed by atoms with Crippen molar-refractivity contribution < 1.29 is 4.79 Å². The van der Waals surface area contributed by atoms with Crippen molar-refractivity contribution in [2.75, 3.05) is 0 Å². The van der Waals surface area contributed by atoms with Gasteiger partial charge in [0.25, 0.3) is 0 Å². The van der Waals surface area contributed by atoms with E-state index in [0.29, 0.717) is 6.42 Å². The van der Waals surface area contributed by atoms with Crippen molar-refractivity contribution in [3.63, 3.8) is 0 Å². The molecule has 2 heterocycles. The van der Waals surface area contributed by atoms with E-state index >= 15 is 0 Å². The molecule has 80 valence electrons. The number of nitrogens with one attached hydrogen (secondary N) is 1. The molecular formula is C13H12N2O. The zero-order chi connectivity index (χ0) is 11.0. The van der Waals surface area contributed by atoms with Gasteiger partial charge in [0.15, 0.2) is 0 Å². The lowest BCUT2D eigenvalue weighted by Crippen LogP contribution is -2.18. The van der Waals surface area contributed by atoms with E-state index in [2.05, 4.69) is 16.4 Å². The molecule has 1 fully saturated rings. The monoisotopic (exact) mass is 212 g/mol. The van der Waals surface area contributed by atoms with Crippen molar-refractivity contribution in [1.82, 2.24) is 10.3 Å². The normalized spacial score (nSPS) is 20.0. The van der Waals surface area contributed by atoms with Crippen LogP contribution in [0.5, 0.6) is 0 Å². The first-order chi connectivity index (χ1) is 7.83. The number of nitrogens with zero attached hydrogens (tertiary/aromatic N) is 1. The first-order valence-electron chi connectivity index (χ1n) is 5.47. The first kappa shape index (κ1) is 9.33. The van der Waals surface area contributed by atoms with Crippen LogP contribution in [0, 0.1) is 0 Å². The van der Waals surface area contributed by atoms with Gasteiger partial charge >= 0.3 is 0 Å². The minimum Gasteiger partial charge on any atom is -0.349 e. The topological polar surface area (TPSA) is 42.0 Å². The summed E-state index contributed by atoms with van der Waals surface area (Å²) < 4.78 is 0. The molecule has 1 saturated heterocycles. The Morgan fingerprint density at radius 3 is 3.00 bits per heavy atom. The Bertz CT molecular complexity index is 550. The first-order valence-corrected chi connectivity index (χ1v) is 5.47. The van der Waals surface area contributed by atoms with E-state index in [4.69, 9.17) is 0 Å². The van der Waals surface area contributed by atoms with Crippen molar-refractivity contribution in [2.45, 2.75) is 18.9 Å². The maximum atomic E-state index is 11.2. The second-order valence-corrected chi connectivity index (χ2v) is 4.12. The van der Waals surface area contributed by atoms with Gasteiger partial charge in [-0.15, -0.1) is 0 Å². The van der Waals surface area contributed by atoms with Gasteiger partial charge in [-0.3, -0.25) is 9.78 Å². The highest BCUT2D eigenvalue weighted by Gasteiger charge is 2.22. The maximum absolute atomic E-state index is 11.2. The van der Waals surface area contributed by atoms with E-state index < -0.39 is 0 Å². The molecule has 1 aromatic carbocycles. The van der Waals surface area contributed by atoms with E-state index in [1.54, 1.807) is 0 Å². The second-order valence-electron chi connectivity index (χ2n) is 4.12. The van der Waals surface area contributed by atoms with E-state index in [1.807, 2.05) is 30.5 Å². The molecule has 3 heteroatoms. The zero-order valence-corrected chi connectivity index (χ0v) is 8.81. The number of hydrogen-bond acceptors (Lipinski definition) is 2. The van der Waals surface area contributed by atoms with E-state index in [9.17, 15) is 4.79 Å². The number of rotatable bonds is 1. The molecular weight excluding hydrogens is 200 g/mol. The molecule has 1 aliphatic heterocycles.